The van der Waals surface area contributed by atoms with Crippen LogP contribution in [0.5, 0.6) is 5.75 Å². The third-order valence-corrected chi connectivity index (χ3v) is 5.27. The lowest BCUT2D eigenvalue weighted by atomic mass is 9.87. The lowest BCUT2D eigenvalue weighted by molar-refractivity contribution is -0.136. The molecule has 0 aliphatic carbocycles. The normalized spacial score (nSPS) is 16.9. The molecule has 2 aromatic carbocycles. The summed E-state index contributed by atoms with van der Waals surface area (Å²) in [5, 5.41) is 2.78. The number of carbonyl (C=O) groups is 2. The van der Waals surface area contributed by atoms with Crippen molar-refractivity contribution in [2.75, 3.05) is 13.1 Å². The molecule has 1 N–H and O–H groups in total. The summed E-state index contributed by atoms with van der Waals surface area (Å²) in [4.78, 5) is 27.0. The molecule has 0 fully saturated rings. The van der Waals surface area contributed by atoms with E-state index < -0.39 is 6.10 Å². The van der Waals surface area contributed by atoms with Gasteiger partial charge in [-0.05, 0) is 49.1 Å². The monoisotopic (exact) mass is 394 g/mol. The van der Waals surface area contributed by atoms with Crippen LogP contribution in [0.2, 0.25) is 0 Å². The minimum absolute atomic E-state index is 0.0695. The summed E-state index contributed by atoms with van der Waals surface area (Å²) in [5.74, 6) is 0.579. The molecule has 0 bridgehead atoms. The van der Waals surface area contributed by atoms with Crippen molar-refractivity contribution in [3.05, 3.63) is 65.2 Å². The Morgan fingerprint density at radius 1 is 1.14 bits per heavy atom. The molecular weight excluding hydrogens is 364 g/mol. The summed E-state index contributed by atoms with van der Waals surface area (Å²) in [6.45, 7) is 8.76. The highest BCUT2D eigenvalue weighted by molar-refractivity contribution is 5.81. The number of benzene rings is 2. The Kier molecular flexibility index (Phi) is 6.57. The van der Waals surface area contributed by atoms with Gasteiger partial charge in [0.2, 0.25) is 5.91 Å². The van der Waals surface area contributed by atoms with Gasteiger partial charge in [0.15, 0.2) is 6.10 Å². The van der Waals surface area contributed by atoms with Crippen LogP contribution in [0.1, 0.15) is 50.4 Å². The molecule has 2 atom stereocenters. The molecule has 5 heteroatoms. The second kappa shape index (κ2) is 9.12. The topological polar surface area (TPSA) is 58.6 Å². The van der Waals surface area contributed by atoms with Crippen molar-refractivity contribution in [2.45, 2.75) is 46.3 Å². The maximum absolute atomic E-state index is 13.0. The highest BCUT2D eigenvalue weighted by Crippen LogP contribution is 2.38. The van der Waals surface area contributed by atoms with Crippen LogP contribution in [-0.2, 0) is 16.0 Å². The standard InChI is InChI=1S/C24H30N2O3/c1-5-25-23(27)17(4)29-20-12-11-18-13-14-26(24(28)16(2)3)22(21(18)15-20)19-9-7-6-8-10-19/h6-12,15-17,22H,5,13-14H2,1-4H3,(H,25,27)/t17-,22-/m1/s1. The molecule has 2 aromatic rings. The van der Waals surface area contributed by atoms with E-state index in [2.05, 4.69) is 23.5 Å². The number of rotatable bonds is 6. The Balaban J connectivity index is 1.98. The number of likely N-dealkylation sites (N-methyl/N-ethyl adjacent to an activating group) is 1. The zero-order valence-corrected chi connectivity index (χ0v) is 17.6. The maximum atomic E-state index is 13.0. The fraction of sp³-hybridized carbons (Fsp3) is 0.417. The van der Waals surface area contributed by atoms with Gasteiger partial charge in [-0.25, -0.2) is 0 Å². The van der Waals surface area contributed by atoms with E-state index in [0.29, 0.717) is 18.8 Å². The fourth-order valence-electron chi connectivity index (χ4n) is 3.81. The molecule has 1 heterocycles. The molecule has 0 aromatic heterocycles. The number of hydrogen-bond acceptors (Lipinski definition) is 3. The predicted octanol–water partition coefficient (Wildman–Crippen LogP) is 3.72. The van der Waals surface area contributed by atoms with E-state index in [-0.39, 0.29) is 23.8 Å². The molecular formula is C24H30N2O3. The SMILES string of the molecule is CCNC(=O)[C@@H](C)Oc1ccc2c(c1)[C@@H](c1ccccc1)N(C(=O)C(C)C)CC2. The van der Waals surface area contributed by atoms with Gasteiger partial charge in [-0.3, -0.25) is 9.59 Å². The van der Waals surface area contributed by atoms with E-state index in [9.17, 15) is 9.59 Å². The summed E-state index contributed by atoms with van der Waals surface area (Å²) >= 11 is 0. The average Bonchev–Trinajstić information content (AvgIpc) is 2.73. The highest BCUT2D eigenvalue weighted by Gasteiger charge is 2.33. The van der Waals surface area contributed by atoms with Crippen molar-refractivity contribution in [1.29, 1.82) is 0 Å². The Hall–Kier alpha value is -2.82. The van der Waals surface area contributed by atoms with E-state index >= 15 is 0 Å². The van der Waals surface area contributed by atoms with Gasteiger partial charge in [0.25, 0.3) is 5.91 Å². The van der Waals surface area contributed by atoms with E-state index in [4.69, 9.17) is 4.74 Å². The van der Waals surface area contributed by atoms with Crippen LogP contribution in [0.3, 0.4) is 0 Å². The van der Waals surface area contributed by atoms with Gasteiger partial charge in [-0.2, -0.15) is 0 Å². The number of nitrogens with one attached hydrogen (secondary N) is 1. The van der Waals surface area contributed by atoms with Crippen molar-refractivity contribution in [1.82, 2.24) is 10.2 Å². The molecule has 154 valence electrons. The third kappa shape index (κ3) is 4.61. The minimum Gasteiger partial charge on any atom is -0.481 e. The van der Waals surface area contributed by atoms with Crippen LogP contribution in [0.4, 0.5) is 0 Å². The van der Waals surface area contributed by atoms with Crippen molar-refractivity contribution < 1.29 is 14.3 Å². The van der Waals surface area contributed by atoms with Gasteiger partial charge in [0.05, 0.1) is 6.04 Å². The van der Waals surface area contributed by atoms with Crippen molar-refractivity contribution in [3.63, 3.8) is 0 Å². The minimum atomic E-state index is -0.583. The number of carbonyl (C=O) groups excluding carboxylic acids is 2. The zero-order valence-electron chi connectivity index (χ0n) is 17.6. The molecule has 0 spiro atoms. The number of ether oxygens (including phenoxy) is 1. The van der Waals surface area contributed by atoms with Gasteiger partial charge in [0, 0.05) is 19.0 Å². The number of fused-ring (bicyclic) bond motifs is 1. The second-order valence-electron chi connectivity index (χ2n) is 7.76. The van der Waals surface area contributed by atoms with Gasteiger partial charge < -0.3 is 15.0 Å². The zero-order chi connectivity index (χ0) is 21.0. The predicted molar refractivity (Wildman–Crippen MR) is 114 cm³/mol. The van der Waals surface area contributed by atoms with Crippen LogP contribution in [0.15, 0.2) is 48.5 Å². The van der Waals surface area contributed by atoms with Gasteiger partial charge >= 0.3 is 0 Å². The Morgan fingerprint density at radius 3 is 2.52 bits per heavy atom. The first kappa shape index (κ1) is 20.9. The molecule has 0 unspecified atom stereocenters. The molecule has 1 aliphatic rings. The lowest BCUT2D eigenvalue weighted by Gasteiger charge is -2.39. The van der Waals surface area contributed by atoms with Crippen LogP contribution in [-0.4, -0.2) is 35.9 Å². The summed E-state index contributed by atoms with van der Waals surface area (Å²) in [6.07, 6.45) is 0.226. The molecule has 29 heavy (non-hydrogen) atoms. The molecule has 1 aliphatic heterocycles. The van der Waals surface area contributed by atoms with Crippen molar-refractivity contribution >= 4 is 11.8 Å². The van der Waals surface area contributed by atoms with Crippen LogP contribution >= 0.6 is 0 Å². The first-order valence-electron chi connectivity index (χ1n) is 10.3. The fourth-order valence-corrected chi connectivity index (χ4v) is 3.81. The molecule has 0 radical (unpaired) electrons. The number of nitrogens with zero attached hydrogens (tertiary/aromatic N) is 1. The molecule has 2 amide bonds. The summed E-state index contributed by atoms with van der Waals surface area (Å²) < 4.78 is 5.91. The van der Waals surface area contributed by atoms with E-state index in [0.717, 1.165) is 17.5 Å². The van der Waals surface area contributed by atoms with Gasteiger partial charge in [-0.15, -0.1) is 0 Å². The third-order valence-electron chi connectivity index (χ3n) is 5.27. The smallest absolute Gasteiger partial charge is 0.260 e. The molecule has 5 nitrogen and oxygen atoms in total. The van der Waals surface area contributed by atoms with E-state index in [1.54, 1.807) is 6.92 Å². The Labute approximate surface area is 173 Å². The van der Waals surface area contributed by atoms with Crippen LogP contribution in [0, 0.1) is 5.92 Å². The summed E-state index contributed by atoms with van der Waals surface area (Å²) in [7, 11) is 0. The van der Waals surface area contributed by atoms with Crippen LogP contribution < -0.4 is 10.1 Å². The first-order valence-corrected chi connectivity index (χ1v) is 10.3. The molecule has 0 saturated heterocycles. The largest absolute Gasteiger partial charge is 0.481 e. The quantitative estimate of drug-likeness (QED) is 0.812. The van der Waals surface area contributed by atoms with E-state index in [1.165, 1.54) is 5.56 Å². The number of hydrogen-bond donors (Lipinski definition) is 1. The van der Waals surface area contributed by atoms with E-state index in [1.807, 2.05) is 56.0 Å². The van der Waals surface area contributed by atoms with Crippen molar-refractivity contribution in [3.8, 4) is 5.75 Å². The lowest BCUT2D eigenvalue weighted by Crippen LogP contribution is -2.42. The highest BCUT2D eigenvalue weighted by atomic mass is 16.5. The first-order chi connectivity index (χ1) is 13.9. The molecule has 3 rings (SSSR count). The van der Waals surface area contributed by atoms with Crippen molar-refractivity contribution in [2.24, 2.45) is 5.92 Å². The Bertz CT molecular complexity index is 864. The molecule has 0 saturated carbocycles. The Morgan fingerprint density at radius 2 is 1.86 bits per heavy atom. The summed E-state index contributed by atoms with van der Waals surface area (Å²) in [5.41, 5.74) is 3.36. The average molecular weight is 395 g/mol. The van der Waals surface area contributed by atoms with Gasteiger partial charge in [-0.1, -0.05) is 50.2 Å². The summed E-state index contributed by atoms with van der Waals surface area (Å²) in [6, 6.07) is 15.9. The van der Waals surface area contributed by atoms with Gasteiger partial charge in [0.1, 0.15) is 5.75 Å². The maximum Gasteiger partial charge on any atom is 0.260 e. The second-order valence-corrected chi connectivity index (χ2v) is 7.76. The number of amides is 2. The van der Waals surface area contributed by atoms with Crippen LogP contribution in [0.25, 0.3) is 0 Å².